The molecule has 3 rings (SSSR count). The van der Waals surface area contributed by atoms with Gasteiger partial charge in [0.15, 0.2) is 0 Å². The van der Waals surface area contributed by atoms with Crippen molar-refractivity contribution < 1.29 is 23.9 Å². The molecule has 1 amide bonds. The summed E-state index contributed by atoms with van der Waals surface area (Å²) in [7, 11) is 0. The lowest BCUT2D eigenvalue weighted by molar-refractivity contribution is -0.150. The molecule has 1 atom stereocenters. The van der Waals surface area contributed by atoms with Crippen LogP contribution < -0.4 is 5.32 Å². The van der Waals surface area contributed by atoms with E-state index in [1.54, 1.807) is 6.08 Å². The van der Waals surface area contributed by atoms with E-state index in [0.29, 0.717) is 0 Å². The molecular weight excluding hydrogens is 430 g/mol. The largest absolute Gasteiger partial charge is 0.461 e. The van der Waals surface area contributed by atoms with Gasteiger partial charge >= 0.3 is 11.9 Å². The van der Waals surface area contributed by atoms with Gasteiger partial charge in [-0.05, 0) is 29.2 Å². The molecule has 6 nitrogen and oxygen atoms in total. The van der Waals surface area contributed by atoms with Gasteiger partial charge in [-0.2, -0.15) is 0 Å². The van der Waals surface area contributed by atoms with Crippen molar-refractivity contribution in [1.82, 2.24) is 5.32 Å². The van der Waals surface area contributed by atoms with Crippen LogP contribution in [0.3, 0.4) is 0 Å². The molecule has 0 aliphatic carbocycles. The van der Waals surface area contributed by atoms with E-state index in [4.69, 9.17) is 9.47 Å². The molecule has 6 heteroatoms. The lowest BCUT2D eigenvalue weighted by Gasteiger charge is -2.17. The minimum atomic E-state index is -0.985. The van der Waals surface area contributed by atoms with Gasteiger partial charge in [0.05, 0.1) is 0 Å². The van der Waals surface area contributed by atoms with E-state index in [-0.39, 0.29) is 26.1 Å². The molecule has 0 radical (unpaired) electrons. The van der Waals surface area contributed by atoms with Gasteiger partial charge in [0.1, 0.15) is 19.3 Å². The molecule has 0 aromatic heterocycles. The Kier molecular flexibility index (Phi) is 9.62. The first kappa shape index (κ1) is 24.5. The molecule has 0 saturated heterocycles. The zero-order valence-corrected chi connectivity index (χ0v) is 18.8. The summed E-state index contributed by atoms with van der Waals surface area (Å²) in [5.74, 6) is -1.52. The summed E-state index contributed by atoms with van der Waals surface area (Å²) in [6.45, 7) is 0.222. The van der Waals surface area contributed by atoms with Gasteiger partial charge in [0.2, 0.25) is 5.91 Å². The number of rotatable bonds is 11. The van der Waals surface area contributed by atoms with Crippen molar-refractivity contribution in [3.8, 4) is 0 Å². The van der Waals surface area contributed by atoms with Crippen LogP contribution >= 0.6 is 0 Å². The van der Waals surface area contributed by atoms with Crippen molar-refractivity contribution in [2.75, 3.05) is 0 Å². The topological polar surface area (TPSA) is 81.7 Å². The number of benzene rings is 3. The summed E-state index contributed by atoms with van der Waals surface area (Å²) in [4.78, 5) is 37.4. The normalized spacial score (nSPS) is 11.5. The molecule has 3 aromatic rings. The van der Waals surface area contributed by atoms with E-state index in [1.807, 2.05) is 91.0 Å². The number of carbonyl (C=O) groups is 3. The highest BCUT2D eigenvalue weighted by Crippen LogP contribution is 2.08. The quantitative estimate of drug-likeness (QED) is 0.340. The minimum Gasteiger partial charge on any atom is -0.461 e. The molecule has 0 bridgehead atoms. The van der Waals surface area contributed by atoms with Gasteiger partial charge < -0.3 is 14.8 Å². The van der Waals surface area contributed by atoms with Gasteiger partial charge in [-0.1, -0.05) is 91.0 Å². The van der Waals surface area contributed by atoms with Gasteiger partial charge in [-0.3, -0.25) is 9.59 Å². The number of esters is 2. The summed E-state index contributed by atoms with van der Waals surface area (Å²) in [5, 5.41) is 2.64. The number of hydrogen-bond donors (Lipinski definition) is 1. The molecule has 0 heterocycles. The van der Waals surface area contributed by atoms with Crippen molar-refractivity contribution in [2.24, 2.45) is 0 Å². The maximum absolute atomic E-state index is 12.7. The van der Waals surface area contributed by atoms with Crippen LogP contribution in [0, 0.1) is 0 Å². The number of ether oxygens (including phenoxy) is 2. The van der Waals surface area contributed by atoms with E-state index in [2.05, 4.69) is 5.32 Å². The highest BCUT2D eigenvalue weighted by molar-refractivity contribution is 5.94. The van der Waals surface area contributed by atoms with Crippen molar-refractivity contribution in [1.29, 1.82) is 0 Å². The molecule has 34 heavy (non-hydrogen) atoms. The third-order valence-corrected chi connectivity index (χ3v) is 4.93. The third-order valence-electron chi connectivity index (χ3n) is 4.93. The fourth-order valence-electron chi connectivity index (χ4n) is 3.11. The molecule has 0 aliphatic rings. The summed E-state index contributed by atoms with van der Waals surface area (Å²) in [5.41, 5.74) is 2.55. The van der Waals surface area contributed by atoms with Crippen LogP contribution in [0.25, 0.3) is 6.08 Å². The summed E-state index contributed by atoms with van der Waals surface area (Å²) >= 11 is 0. The highest BCUT2D eigenvalue weighted by Gasteiger charge is 2.23. The van der Waals surface area contributed by atoms with Crippen LogP contribution in [0.1, 0.15) is 29.5 Å². The zero-order chi connectivity index (χ0) is 24.0. The van der Waals surface area contributed by atoms with E-state index >= 15 is 0 Å². The predicted molar refractivity (Wildman–Crippen MR) is 129 cm³/mol. The van der Waals surface area contributed by atoms with E-state index in [9.17, 15) is 14.4 Å². The minimum absolute atomic E-state index is 0.0411. The predicted octanol–water partition coefficient (Wildman–Crippen LogP) is 4.45. The lowest BCUT2D eigenvalue weighted by Crippen LogP contribution is -2.41. The molecule has 0 spiro atoms. The zero-order valence-electron chi connectivity index (χ0n) is 18.8. The Morgan fingerprint density at radius 2 is 1.26 bits per heavy atom. The fourth-order valence-corrected chi connectivity index (χ4v) is 3.11. The van der Waals surface area contributed by atoms with Gasteiger partial charge in [0.25, 0.3) is 0 Å². The van der Waals surface area contributed by atoms with Crippen LogP contribution in [0.4, 0.5) is 0 Å². The van der Waals surface area contributed by atoms with Crippen LogP contribution in [0.5, 0.6) is 0 Å². The Morgan fingerprint density at radius 1 is 0.735 bits per heavy atom. The highest BCUT2D eigenvalue weighted by atomic mass is 16.5. The molecular formula is C28H27NO5. The SMILES string of the molecule is O=C(/C=C/c1ccccc1)N[C@H](CCC(=O)OCc1ccccc1)C(=O)OCc1ccccc1. The molecule has 1 N–H and O–H groups in total. The van der Waals surface area contributed by atoms with Crippen LogP contribution in [0.2, 0.25) is 0 Å². The van der Waals surface area contributed by atoms with Crippen molar-refractivity contribution in [3.05, 3.63) is 114 Å². The number of nitrogens with one attached hydrogen (secondary N) is 1. The van der Waals surface area contributed by atoms with Gasteiger partial charge in [-0.25, -0.2) is 4.79 Å². The average Bonchev–Trinajstić information content (AvgIpc) is 2.89. The first-order valence-corrected chi connectivity index (χ1v) is 11.0. The molecule has 0 saturated carbocycles. The molecule has 0 aliphatic heterocycles. The maximum atomic E-state index is 12.7. The van der Waals surface area contributed by atoms with E-state index in [1.165, 1.54) is 6.08 Å². The van der Waals surface area contributed by atoms with Gasteiger partial charge in [0, 0.05) is 12.5 Å². The Hall–Kier alpha value is -4.19. The van der Waals surface area contributed by atoms with Crippen molar-refractivity contribution in [3.63, 3.8) is 0 Å². The molecule has 174 valence electrons. The first-order valence-electron chi connectivity index (χ1n) is 11.0. The molecule has 3 aromatic carbocycles. The smallest absolute Gasteiger partial charge is 0.328 e. The standard InChI is InChI=1S/C28H27NO5/c30-26(18-16-22-10-4-1-5-11-22)29-25(28(32)34-21-24-14-8-3-9-15-24)17-19-27(31)33-20-23-12-6-2-7-13-23/h1-16,18,25H,17,19-21H2,(H,29,30)/b18-16+/t25-/m1/s1. The maximum Gasteiger partial charge on any atom is 0.328 e. The second-order valence-corrected chi connectivity index (χ2v) is 7.58. The van der Waals surface area contributed by atoms with Crippen molar-refractivity contribution in [2.45, 2.75) is 32.1 Å². The second kappa shape index (κ2) is 13.4. The Morgan fingerprint density at radius 3 is 1.85 bits per heavy atom. The third kappa shape index (κ3) is 8.74. The fraction of sp³-hybridized carbons (Fsp3) is 0.179. The average molecular weight is 458 g/mol. The molecule has 0 unspecified atom stereocenters. The Bertz CT molecular complexity index is 1080. The lowest BCUT2D eigenvalue weighted by atomic mass is 10.1. The summed E-state index contributed by atoms with van der Waals surface area (Å²) in [6.07, 6.45) is 3.02. The van der Waals surface area contributed by atoms with Crippen LogP contribution in [-0.2, 0) is 37.1 Å². The Labute approximate surface area is 199 Å². The summed E-state index contributed by atoms with van der Waals surface area (Å²) < 4.78 is 10.7. The van der Waals surface area contributed by atoms with Gasteiger partial charge in [-0.15, -0.1) is 0 Å². The first-order chi connectivity index (χ1) is 16.6. The van der Waals surface area contributed by atoms with E-state index in [0.717, 1.165) is 16.7 Å². The second-order valence-electron chi connectivity index (χ2n) is 7.58. The number of hydrogen-bond acceptors (Lipinski definition) is 5. The number of carbonyl (C=O) groups excluding carboxylic acids is 3. The Balaban J connectivity index is 1.56. The number of amides is 1. The van der Waals surface area contributed by atoms with E-state index < -0.39 is 23.9 Å². The van der Waals surface area contributed by atoms with Crippen molar-refractivity contribution >= 4 is 23.9 Å². The summed E-state index contributed by atoms with van der Waals surface area (Å²) in [6, 6.07) is 26.9. The molecule has 0 fully saturated rings. The van der Waals surface area contributed by atoms with Crippen LogP contribution in [-0.4, -0.2) is 23.9 Å². The van der Waals surface area contributed by atoms with Crippen LogP contribution in [0.15, 0.2) is 97.1 Å². The monoisotopic (exact) mass is 457 g/mol.